The number of carbonyl (C=O) groups excluding carboxylic acids is 5. The zero-order valence-corrected chi connectivity index (χ0v) is 30.1. The van der Waals surface area contributed by atoms with Crippen LogP contribution < -0.4 is 35.5 Å². The highest BCUT2D eigenvalue weighted by Crippen LogP contribution is 2.37. The lowest BCUT2D eigenvalue weighted by molar-refractivity contribution is -0.140. The minimum absolute atomic E-state index is 0.0544. The maximum atomic E-state index is 13.6. The number of fused-ring (bicyclic) bond motifs is 3. The molecule has 1 heterocycles. The van der Waals surface area contributed by atoms with Gasteiger partial charge in [-0.3, -0.25) is 24.0 Å². The minimum atomic E-state index is -1.38. The summed E-state index contributed by atoms with van der Waals surface area (Å²) >= 11 is 0. The monoisotopic (exact) mass is 709 g/mol. The number of rotatable bonds is 5. The lowest BCUT2D eigenvalue weighted by Crippen LogP contribution is -2.59. The summed E-state index contributed by atoms with van der Waals surface area (Å²) in [5, 5.41) is 21.6. The van der Waals surface area contributed by atoms with Crippen molar-refractivity contribution in [2.24, 2.45) is 11.8 Å². The molecule has 5 N–H and O–H groups in total. The summed E-state index contributed by atoms with van der Waals surface area (Å²) < 4.78 is 17.4. The molecular formula is C37H51N5O9. The van der Waals surface area contributed by atoms with E-state index in [9.17, 15) is 29.1 Å². The molecule has 1 saturated carbocycles. The number of amides is 5. The van der Waals surface area contributed by atoms with Crippen LogP contribution in [0.25, 0.3) is 0 Å². The maximum absolute atomic E-state index is 13.6. The zero-order valence-electron chi connectivity index (χ0n) is 30.1. The van der Waals surface area contributed by atoms with Gasteiger partial charge in [-0.15, -0.1) is 0 Å². The second-order valence-electron chi connectivity index (χ2n) is 13.3. The van der Waals surface area contributed by atoms with Gasteiger partial charge in [-0.05, 0) is 68.9 Å². The summed E-state index contributed by atoms with van der Waals surface area (Å²) in [5.74, 6) is -1.50. The Bertz CT molecular complexity index is 1560. The van der Waals surface area contributed by atoms with E-state index < -0.39 is 35.9 Å². The first kappa shape index (κ1) is 38.9. The van der Waals surface area contributed by atoms with Crippen molar-refractivity contribution in [3.8, 4) is 23.0 Å². The Balaban J connectivity index is 1.66. The Morgan fingerprint density at radius 3 is 2.25 bits per heavy atom. The fourth-order valence-electron chi connectivity index (χ4n) is 6.31. The average Bonchev–Trinajstić information content (AvgIpc) is 3.65. The Hall–Kier alpha value is -4.85. The van der Waals surface area contributed by atoms with Crippen LogP contribution in [0.15, 0.2) is 36.4 Å². The molecule has 2 aromatic carbocycles. The molecule has 0 aromatic heterocycles. The molecule has 51 heavy (non-hydrogen) atoms. The molecule has 5 amide bonds. The second-order valence-corrected chi connectivity index (χ2v) is 13.3. The van der Waals surface area contributed by atoms with Gasteiger partial charge in [0.25, 0.3) is 5.91 Å². The first-order valence-electron chi connectivity index (χ1n) is 17.6. The standard InChI is InChI=1S/C37H51N5O9/c1-22(2)32-35(46)39-20-26-27(49-4)13-10-14-28(26)51-30-19-25(15-16-29(30)50-5)34(45)38-17-8-9-18-42(37(48)24-11-6-7-12-24)21-31(44)40-33(23(3)43)36(47)41-32/h10,13-16,19,22-24,32-33,43H,6-9,11-12,17-18,20-21H2,1-5H3,(H,38,45)(H,39,46)(H,40,44)(H,41,47)/t23-,32-,33+/m1/s1. The van der Waals surface area contributed by atoms with Crippen LogP contribution in [0.4, 0.5) is 0 Å². The number of benzene rings is 2. The SMILES string of the molecule is COc1ccc2cc1Oc1cccc(OC)c1CNC(=O)[C@@H](C(C)C)NC(=O)[C@H]([C@@H](C)O)NC(=O)CN(C(=O)C1CCCC1)CCCCNC2=O. The fourth-order valence-corrected chi connectivity index (χ4v) is 6.31. The topological polar surface area (TPSA) is 185 Å². The highest BCUT2D eigenvalue weighted by Gasteiger charge is 2.33. The van der Waals surface area contributed by atoms with Crippen LogP contribution in [0.2, 0.25) is 0 Å². The van der Waals surface area contributed by atoms with Crippen LogP contribution in [-0.2, 0) is 25.7 Å². The largest absolute Gasteiger partial charge is 0.496 e. The molecule has 278 valence electrons. The molecule has 14 heteroatoms. The lowest BCUT2D eigenvalue weighted by Gasteiger charge is -2.29. The first-order chi connectivity index (χ1) is 24.4. The van der Waals surface area contributed by atoms with Crippen molar-refractivity contribution in [2.45, 2.75) is 84.0 Å². The van der Waals surface area contributed by atoms with Crippen molar-refractivity contribution in [3.05, 3.63) is 47.5 Å². The zero-order chi connectivity index (χ0) is 37.1. The molecule has 1 fully saturated rings. The van der Waals surface area contributed by atoms with Crippen LogP contribution in [-0.4, -0.2) is 91.6 Å². The smallest absolute Gasteiger partial charge is 0.251 e. The average molecular weight is 710 g/mol. The number of carbonyl (C=O) groups is 5. The van der Waals surface area contributed by atoms with E-state index in [0.717, 1.165) is 25.7 Å². The van der Waals surface area contributed by atoms with Gasteiger partial charge in [-0.25, -0.2) is 0 Å². The Morgan fingerprint density at radius 1 is 0.863 bits per heavy atom. The molecule has 2 bridgehead atoms. The van der Waals surface area contributed by atoms with Crippen molar-refractivity contribution in [3.63, 3.8) is 0 Å². The van der Waals surface area contributed by atoms with E-state index in [2.05, 4.69) is 21.3 Å². The normalized spacial score (nSPS) is 21.0. The molecule has 3 atom stereocenters. The van der Waals surface area contributed by atoms with E-state index in [1.165, 1.54) is 26.0 Å². The molecule has 0 spiro atoms. The molecule has 2 aliphatic rings. The van der Waals surface area contributed by atoms with Gasteiger partial charge in [0.1, 0.15) is 23.6 Å². The summed E-state index contributed by atoms with van der Waals surface area (Å²) in [5.41, 5.74) is 0.822. The first-order valence-corrected chi connectivity index (χ1v) is 17.6. The number of nitrogens with one attached hydrogen (secondary N) is 4. The molecular weight excluding hydrogens is 658 g/mol. The van der Waals surface area contributed by atoms with Crippen LogP contribution >= 0.6 is 0 Å². The number of hydrogen-bond donors (Lipinski definition) is 5. The van der Waals surface area contributed by atoms with E-state index in [1.807, 2.05) is 0 Å². The molecule has 0 radical (unpaired) electrons. The van der Waals surface area contributed by atoms with Crippen LogP contribution in [0.1, 0.15) is 75.2 Å². The minimum Gasteiger partial charge on any atom is -0.496 e. The highest BCUT2D eigenvalue weighted by atomic mass is 16.5. The fraction of sp³-hybridized carbons (Fsp3) is 0.541. The third kappa shape index (κ3) is 10.3. The quantitative estimate of drug-likeness (QED) is 0.312. The third-order valence-corrected chi connectivity index (χ3v) is 9.21. The lowest BCUT2D eigenvalue weighted by atomic mass is 10.0. The molecule has 1 aliphatic heterocycles. The van der Waals surface area contributed by atoms with Crippen LogP contribution in [0.5, 0.6) is 23.0 Å². The van der Waals surface area contributed by atoms with Crippen LogP contribution in [0.3, 0.4) is 0 Å². The number of hydrogen-bond acceptors (Lipinski definition) is 9. The van der Waals surface area contributed by atoms with E-state index >= 15 is 0 Å². The predicted octanol–water partition coefficient (Wildman–Crippen LogP) is 2.66. The molecule has 1 aliphatic carbocycles. The number of ether oxygens (including phenoxy) is 3. The van der Waals surface area contributed by atoms with E-state index in [0.29, 0.717) is 47.8 Å². The predicted molar refractivity (Wildman–Crippen MR) is 188 cm³/mol. The number of aliphatic hydroxyl groups is 1. The Morgan fingerprint density at radius 2 is 1.59 bits per heavy atom. The van der Waals surface area contributed by atoms with Gasteiger partial charge in [0.2, 0.25) is 23.6 Å². The van der Waals surface area contributed by atoms with E-state index in [4.69, 9.17) is 14.2 Å². The summed E-state index contributed by atoms with van der Waals surface area (Å²) in [4.78, 5) is 68.5. The molecule has 0 saturated heterocycles. The third-order valence-electron chi connectivity index (χ3n) is 9.21. The highest BCUT2D eigenvalue weighted by molar-refractivity contribution is 5.95. The Labute approximate surface area is 299 Å². The van der Waals surface area contributed by atoms with Crippen LogP contribution in [0, 0.1) is 11.8 Å². The van der Waals surface area contributed by atoms with E-state index in [-0.39, 0.29) is 49.0 Å². The van der Waals surface area contributed by atoms with Gasteiger partial charge in [0.05, 0.1) is 39.0 Å². The van der Waals surface area contributed by atoms with Crippen molar-refractivity contribution >= 4 is 29.5 Å². The molecule has 14 nitrogen and oxygen atoms in total. The summed E-state index contributed by atoms with van der Waals surface area (Å²) in [6.45, 7) is 5.11. The maximum Gasteiger partial charge on any atom is 0.251 e. The van der Waals surface area contributed by atoms with Crippen molar-refractivity contribution in [2.75, 3.05) is 33.9 Å². The number of methoxy groups -OCH3 is 2. The number of nitrogens with zero attached hydrogens (tertiary/aromatic N) is 1. The summed E-state index contributed by atoms with van der Waals surface area (Å²) in [6.07, 6.45) is 3.11. The van der Waals surface area contributed by atoms with Gasteiger partial charge in [-0.2, -0.15) is 0 Å². The van der Waals surface area contributed by atoms with Gasteiger partial charge in [0.15, 0.2) is 11.5 Å². The molecule has 2 aromatic rings. The summed E-state index contributed by atoms with van der Waals surface area (Å²) in [7, 11) is 2.97. The molecule has 4 rings (SSSR count). The van der Waals surface area contributed by atoms with Gasteiger partial charge < -0.3 is 45.5 Å². The van der Waals surface area contributed by atoms with Gasteiger partial charge in [0, 0.05) is 24.6 Å². The van der Waals surface area contributed by atoms with Gasteiger partial charge in [-0.1, -0.05) is 32.8 Å². The Kier molecular flexibility index (Phi) is 14.1. The van der Waals surface area contributed by atoms with Crippen molar-refractivity contribution in [1.82, 2.24) is 26.2 Å². The number of aliphatic hydroxyl groups excluding tert-OH is 1. The summed E-state index contributed by atoms with van der Waals surface area (Å²) in [6, 6.07) is 7.52. The molecule has 0 unspecified atom stereocenters. The van der Waals surface area contributed by atoms with Crippen molar-refractivity contribution in [1.29, 1.82) is 0 Å². The second kappa shape index (κ2) is 18.4. The van der Waals surface area contributed by atoms with E-state index in [1.54, 1.807) is 50.2 Å². The van der Waals surface area contributed by atoms with Gasteiger partial charge >= 0.3 is 0 Å². The van der Waals surface area contributed by atoms with Crippen molar-refractivity contribution < 1.29 is 43.3 Å².